The first-order valence-corrected chi connectivity index (χ1v) is 11.2. The summed E-state index contributed by atoms with van der Waals surface area (Å²) in [5.41, 5.74) is 6.02. The summed E-state index contributed by atoms with van der Waals surface area (Å²) in [5, 5.41) is 7.90. The topological polar surface area (TPSA) is 138 Å². The molecule has 2 rings (SSSR count). The van der Waals surface area contributed by atoms with E-state index in [2.05, 4.69) is 21.1 Å². The Hall–Kier alpha value is -4.48. The van der Waals surface area contributed by atoms with Gasteiger partial charge in [-0.05, 0) is 30.7 Å². The van der Waals surface area contributed by atoms with Crippen molar-refractivity contribution in [3.05, 3.63) is 35.4 Å². The van der Waals surface area contributed by atoms with Crippen LogP contribution in [0.1, 0.15) is 30.4 Å². The van der Waals surface area contributed by atoms with Crippen LogP contribution in [-0.4, -0.2) is 66.9 Å². The summed E-state index contributed by atoms with van der Waals surface area (Å²) < 4.78 is 31.9. The Kier molecular flexibility index (Phi) is 11.5. The molecule has 2 aromatic carbocycles. The summed E-state index contributed by atoms with van der Waals surface area (Å²) in [6.45, 7) is 0. The number of amides is 2. The average molecular weight is 517 g/mol. The van der Waals surface area contributed by atoms with Crippen molar-refractivity contribution in [1.82, 2.24) is 10.9 Å². The molecule has 37 heavy (non-hydrogen) atoms. The van der Waals surface area contributed by atoms with Crippen molar-refractivity contribution in [3.8, 4) is 34.5 Å². The molecule has 0 saturated carbocycles. The minimum atomic E-state index is -0.345. The fraction of sp³-hybridized carbons (Fsp3) is 0.360. The zero-order chi connectivity index (χ0) is 27.2. The number of carbonyl (C=O) groups is 2. The third kappa shape index (κ3) is 7.75. The monoisotopic (exact) mass is 516 g/mol. The predicted molar refractivity (Wildman–Crippen MR) is 138 cm³/mol. The third-order valence-electron chi connectivity index (χ3n) is 5.06. The van der Waals surface area contributed by atoms with Crippen molar-refractivity contribution in [2.24, 2.45) is 10.2 Å². The van der Waals surface area contributed by atoms with Gasteiger partial charge in [-0.3, -0.25) is 9.59 Å². The number of carbonyl (C=O) groups excluding carboxylic acids is 2. The highest BCUT2D eigenvalue weighted by Gasteiger charge is 2.16. The van der Waals surface area contributed by atoms with Gasteiger partial charge in [-0.1, -0.05) is 0 Å². The molecule has 12 nitrogen and oxygen atoms in total. The first kappa shape index (κ1) is 28.8. The number of ether oxygens (including phenoxy) is 6. The average Bonchev–Trinajstić information content (AvgIpc) is 2.91. The fourth-order valence-electron chi connectivity index (χ4n) is 3.32. The Balaban J connectivity index is 1.83. The van der Waals surface area contributed by atoms with Gasteiger partial charge >= 0.3 is 0 Å². The van der Waals surface area contributed by atoms with E-state index < -0.39 is 0 Å². The molecule has 2 amide bonds. The molecule has 0 radical (unpaired) electrons. The Morgan fingerprint density at radius 3 is 1.32 bits per heavy atom. The number of hydrazone groups is 2. The molecule has 200 valence electrons. The fourth-order valence-corrected chi connectivity index (χ4v) is 3.32. The smallest absolute Gasteiger partial charge is 0.240 e. The molecule has 0 fully saturated rings. The van der Waals surface area contributed by atoms with E-state index in [1.165, 1.54) is 55.1 Å². The van der Waals surface area contributed by atoms with Gasteiger partial charge in [-0.25, -0.2) is 10.9 Å². The highest BCUT2D eigenvalue weighted by Crippen LogP contribution is 2.39. The highest BCUT2D eigenvalue weighted by atomic mass is 16.5. The number of hydrogen-bond acceptors (Lipinski definition) is 10. The standard InChI is InChI=1S/C25H32N4O8/c1-32-18-12-10-16(22(34-3)24(18)36-5)14-26-28-20(30)8-7-9-21(31)29-27-15-17-11-13-19(33-2)25(37-6)23(17)35-4/h10-15H,7-9H2,1-6H3,(H,28,30)(H,29,31)/b26-14+,27-15+. The molecular weight excluding hydrogens is 484 g/mol. The molecule has 0 spiro atoms. The molecule has 0 aliphatic carbocycles. The second kappa shape index (κ2) is 14.8. The summed E-state index contributed by atoms with van der Waals surface area (Å²) >= 11 is 0. The molecule has 0 atom stereocenters. The van der Waals surface area contributed by atoms with Gasteiger partial charge in [0.15, 0.2) is 23.0 Å². The third-order valence-corrected chi connectivity index (χ3v) is 5.06. The maximum absolute atomic E-state index is 12.1. The van der Waals surface area contributed by atoms with Crippen molar-refractivity contribution in [2.45, 2.75) is 19.3 Å². The Bertz CT molecular complexity index is 1050. The van der Waals surface area contributed by atoms with Gasteiger partial charge in [0.2, 0.25) is 23.3 Å². The largest absolute Gasteiger partial charge is 0.493 e. The zero-order valence-electron chi connectivity index (χ0n) is 21.7. The lowest BCUT2D eigenvalue weighted by atomic mass is 10.2. The van der Waals surface area contributed by atoms with Crippen molar-refractivity contribution >= 4 is 24.2 Å². The van der Waals surface area contributed by atoms with Crippen molar-refractivity contribution < 1.29 is 38.0 Å². The highest BCUT2D eigenvalue weighted by molar-refractivity contribution is 5.88. The Labute approximate surface area is 215 Å². The first-order chi connectivity index (χ1) is 17.9. The second-order valence-electron chi connectivity index (χ2n) is 7.29. The Morgan fingerprint density at radius 2 is 1.00 bits per heavy atom. The predicted octanol–water partition coefficient (Wildman–Crippen LogP) is 2.51. The van der Waals surface area contributed by atoms with Crippen LogP contribution in [-0.2, 0) is 9.59 Å². The minimum Gasteiger partial charge on any atom is -0.493 e. The number of nitrogens with zero attached hydrogens (tertiary/aromatic N) is 2. The van der Waals surface area contributed by atoms with Crippen LogP contribution in [0.25, 0.3) is 0 Å². The lowest BCUT2D eigenvalue weighted by molar-refractivity contribution is -0.122. The number of benzene rings is 2. The molecule has 0 aliphatic heterocycles. The van der Waals surface area contributed by atoms with Gasteiger partial charge < -0.3 is 28.4 Å². The van der Waals surface area contributed by atoms with Crippen LogP contribution in [0.2, 0.25) is 0 Å². The zero-order valence-corrected chi connectivity index (χ0v) is 21.7. The van der Waals surface area contributed by atoms with E-state index in [4.69, 9.17) is 28.4 Å². The molecule has 2 N–H and O–H groups in total. The summed E-state index contributed by atoms with van der Waals surface area (Å²) in [4.78, 5) is 24.2. The maximum atomic E-state index is 12.1. The van der Waals surface area contributed by atoms with Crippen LogP contribution in [0.15, 0.2) is 34.5 Å². The molecule has 12 heteroatoms. The van der Waals surface area contributed by atoms with Crippen LogP contribution in [0.5, 0.6) is 34.5 Å². The van der Waals surface area contributed by atoms with E-state index in [0.29, 0.717) is 52.0 Å². The van der Waals surface area contributed by atoms with Crippen molar-refractivity contribution in [3.63, 3.8) is 0 Å². The van der Waals surface area contributed by atoms with E-state index in [9.17, 15) is 9.59 Å². The van der Waals surface area contributed by atoms with Crippen molar-refractivity contribution in [2.75, 3.05) is 42.7 Å². The van der Waals surface area contributed by atoms with Gasteiger partial charge in [-0.15, -0.1) is 0 Å². The lowest BCUT2D eigenvalue weighted by Crippen LogP contribution is -2.20. The van der Waals surface area contributed by atoms with Gasteiger partial charge in [-0.2, -0.15) is 10.2 Å². The van der Waals surface area contributed by atoms with E-state index in [-0.39, 0.29) is 24.7 Å². The van der Waals surface area contributed by atoms with E-state index >= 15 is 0 Å². The normalized spacial score (nSPS) is 10.8. The molecule has 0 aromatic heterocycles. The number of nitrogens with one attached hydrogen (secondary N) is 2. The van der Waals surface area contributed by atoms with Crippen LogP contribution in [0, 0.1) is 0 Å². The number of rotatable bonds is 14. The molecule has 2 aromatic rings. The molecule has 0 unspecified atom stereocenters. The van der Waals surface area contributed by atoms with Crippen LogP contribution < -0.4 is 39.3 Å². The van der Waals surface area contributed by atoms with E-state index in [1.807, 2.05) is 0 Å². The first-order valence-electron chi connectivity index (χ1n) is 11.2. The van der Waals surface area contributed by atoms with Gasteiger partial charge in [0, 0.05) is 24.0 Å². The molecular formula is C25H32N4O8. The van der Waals surface area contributed by atoms with Crippen LogP contribution >= 0.6 is 0 Å². The molecule has 0 saturated heterocycles. The lowest BCUT2D eigenvalue weighted by Gasteiger charge is -2.13. The van der Waals surface area contributed by atoms with Gasteiger partial charge in [0.1, 0.15) is 0 Å². The molecule has 0 aliphatic rings. The summed E-state index contributed by atoms with van der Waals surface area (Å²) in [7, 11) is 9.02. The SMILES string of the molecule is COc1ccc(/C=N/NC(=O)CCCC(=O)N/N=C/c2ccc(OC)c(OC)c2OC)c(OC)c1OC. The minimum absolute atomic E-state index is 0.0983. The summed E-state index contributed by atoms with van der Waals surface area (Å²) in [5.74, 6) is 1.99. The second-order valence-corrected chi connectivity index (χ2v) is 7.29. The molecule has 0 heterocycles. The van der Waals surface area contributed by atoms with E-state index in [1.54, 1.807) is 24.3 Å². The Morgan fingerprint density at radius 1 is 0.622 bits per heavy atom. The van der Waals surface area contributed by atoms with Crippen LogP contribution in [0.3, 0.4) is 0 Å². The number of hydrogen-bond donors (Lipinski definition) is 2. The van der Waals surface area contributed by atoms with Gasteiger partial charge in [0.25, 0.3) is 0 Å². The number of methoxy groups -OCH3 is 6. The summed E-state index contributed by atoms with van der Waals surface area (Å²) in [6.07, 6.45) is 3.37. The van der Waals surface area contributed by atoms with Gasteiger partial charge in [0.05, 0.1) is 55.1 Å². The molecule has 0 bridgehead atoms. The summed E-state index contributed by atoms with van der Waals surface area (Å²) in [6, 6.07) is 6.84. The van der Waals surface area contributed by atoms with E-state index in [0.717, 1.165) is 0 Å². The van der Waals surface area contributed by atoms with Crippen LogP contribution in [0.4, 0.5) is 0 Å². The van der Waals surface area contributed by atoms with Crippen molar-refractivity contribution in [1.29, 1.82) is 0 Å². The maximum Gasteiger partial charge on any atom is 0.240 e. The quantitative estimate of drug-likeness (QED) is 0.289.